The van der Waals surface area contributed by atoms with Gasteiger partial charge in [0.05, 0.1) is 12.1 Å². The molecule has 1 heterocycles. The smallest absolute Gasteiger partial charge is 0.0768 e. The molecule has 0 amide bonds. The fourth-order valence-corrected chi connectivity index (χ4v) is 3.14. The van der Waals surface area contributed by atoms with Crippen LogP contribution in [-0.2, 0) is 24.0 Å². The van der Waals surface area contributed by atoms with Gasteiger partial charge in [-0.2, -0.15) is 0 Å². The van der Waals surface area contributed by atoms with Gasteiger partial charge in [0.2, 0.25) is 0 Å². The molecule has 1 saturated heterocycles. The molecular formula is C17H27NO. The summed E-state index contributed by atoms with van der Waals surface area (Å²) in [5.74, 6) is 0. The minimum Gasteiger partial charge on any atom is -0.376 e. The highest BCUT2D eigenvalue weighted by Crippen LogP contribution is 2.31. The van der Waals surface area contributed by atoms with Gasteiger partial charge in [-0.15, -0.1) is 0 Å². The van der Waals surface area contributed by atoms with E-state index in [0.717, 1.165) is 38.7 Å². The molecule has 0 spiro atoms. The van der Waals surface area contributed by atoms with Gasteiger partial charge >= 0.3 is 0 Å². The van der Waals surface area contributed by atoms with Crippen LogP contribution in [0.15, 0.2) is 12.1 Å². The minimum absolute atomic E-state index is 0.0401. The van der Waals surface area contributed by atoms with Crippen molar-refractivity contribution in [2.45, 2.75) is 65.0 Å². The van der Waals surface area contributed by atoms with Gasteiger partial charge in [0.25, 0.3) is 0 Å². The lowest BCUT2D eigenvalue weighted by Crippen LogP contribution is -2.28. The molecule has 0 saturated carbocycles. The van der Waals surface area contributed by atoms with Crippen LogP contribution in [0.2, 0.25) is 0 Å². The van der Waals surface area contributed by atoms with Crippen molar-refractivity contribution in [1.82, 2.24) is 0 Å². The Balaban J connectivity index is 2.40. The molecule has 19 heavy (non-hydrogen) atoms. The van der Waals surface area contributed by atoms with Crippen molar-refractivity contribution in [1.29, 1.82) is 0 Å². The zero-order chi connectivity index (χ0) is 13.8. The molecule has 1 aromatic rings. The molecule has 2 unspecified atom stereocenters. The van der Waals surface area contributed by atoms with Crippen LogP contribution < -0.4 is 5.73 Å². The Morgan fingerprint density at radius 2 is 1.79 bits per heavy atom. The molecule has 1 aliphatic rings. The van der Waals surface area contributed by atoms with Gasteiger partial charge in [-0.3, -0.25) is 0 Å². The van der Waals surface area contributed by atoms with Gasteiger partial charge in [-0.1, -0.05) is 32.9 Å². The molecule has 1 aromatic carbocycles. The SMILES string of the molecule is CCc1cc(CC)c(C(N)C2CCCO2)c(CC)c1. The number of aryl methyl sites for hydroxylation is 3. The summed E-state index contributed by atoms with van der Waals surface area (Å²) in [5, 5.41) is 0. The van der Waals surface area contributed by atoms with Gasteiger partial charge in [0.1, 0.15) is 0 Å². The summed E-state index contributed by atoms with van der Waals surface area (Å²) in [6.45, 7) is 7.53. The third-order valence-corrected chi connectivity index (χ3v) is 4.28. The van der Waals surface area contributed by atoms with Crippen LogP contribution in [0.4, 0.5) is 0 Å². The second-order valence-electron chi connectivity index (χ2n) is 5.47. The molecule has 0 aromatic heterocycles. The second kappa shape index (κ2) is 6.53. The van der Waals surface area contributed by atoms with E-state index >= 15 is 0 Å². The molecule has 0 aliphatic carbocycles. The Bertz CT molecular complexity index is 396. The van der Waals surface area contributed by atoms with E-state index in [2.05, 4.69) is 32.9 Å². The van der Waals surface area contributed by atoms with E-state index in [9.17, 15) is 0 Å². The Hall–Kier alpha value is -0.860. The first-order valence-corrected chi connectivity index (χ1v) is 7.72. The normalized spacial score (nSPS) is 20.7. The number of nitrogens with two attached hydrogens (primary N) is 1. The van der Waals surface area contributed by atoms with E-state index < -0.39 is 0 Å². The Labute approximate surface area is 117 Å². The first-order chi connectivity index (χ1) is 9.21. The van der Waals surface area contributed by atoms with Gasteiger partial charge in [0, 0.05) is 6.61 Å². The van der Waals surface area contributed by atoms with E-state index in [4.69, 9.17) is 10.5 Å². The fraction of sp³-hybridized carbons (Fsp3) is 0.647. The summed E-state index contributed by atoms with van der Waals surface area (Å²) in [6, 6.07) is 4.71. The van der Waals surface area contributed by atoms with Crippen molar-refractivity contribution in [3.8, 4) is 0 Å². The molecule has 2 rings (SSSR count). The summed E-state index contributed by atoms with van der Waals surface area (Å²) in [7, 11) is 0. The highest BCUT2D eigenvalue weighted by atomic mass is 16.5. The number of benzene rings is 1. The zero-order valence-corrected chi connectivity index (χ0v) is 12.5. The van der Waals surface area contributed by atoms with Crippen LogP contribution in [0, 0.1) is 0 Å². The highest BCUT2D eigenvalue weighted by molar-refractivity contribution is 5.42. The Morgan fingerprint density at radius 1 is 1.16 bits per heavy atom. The maximum absolute atomic E-state index is 6.52. The summed E-state index contributed by atoms with van der Waals surface area (Å²) < 4.78 is 5.80. The molecule has 1 aliphatic heterocycles. The maximum Gasteiger partial charge on any atom is 0.0768 e. The average molecular weight is 261 g/mol. The van der Waals surface area contributed by atoms with Crippen molar-refractivity contribution < 1.29 is 4.74 Å². The van der Waals surface area contributed by atoms with Crippen LogP contribution in [0.1, 0.15) is 61.9 Å². The summed E-state index contributed by atoms with van der Waals surface area (Å²) in [4.78, 5) is 0. The maximum atomic E-state index is 6.52. The highest BCUT2D eigenvalue weighted by Gasteiger charge is 2.27. The number of ether oxygens (including phenoxy) is 1. The molecule has 1 fully saturated rings. The lowest BCUT2D eigenvalue weighted by Gasteiger charge is -2.25. The van der Waals surface area contributed by atoms with Crippen LogP contribution in [0.25, 0.3) is 0 Å². The molecular weight excluding hydrogens is 234 g/mol. The van der Waals surface area contributed by atoms with Crippen LogP contribution >= 0.6 is 0 Å². The van der Waals surface area contributed by atoms with Gasteiger partial charge in [-0.25, -0.2) is 0 Å². The van der Waals surface area contributed by atoms with Crippen molar-refractivity contribution in [2.24, 2.45) is 5.73 Å². The second-order valence-corrected chi connectivity index (χ2v) is 5.47. The standard InChI is InChI=1S/C17H27NO/c1-4-12-10-13(5-2)16(14(6-3)11-12)17(18)15-8-7-9-19-15/h10-11,15,17H,4-9,18H2,1-3H3. The topological polar surface area (TPSA) is 35.2 Å². The van der Waals surface area contributed by atoms with E-state index in [-0.39, 0.29) is 12.1 Å². The van der Waals surface area contributed by atoms with Gasteiger partial charge in [-0.05, 0) is 54.4 Å². The number of hydrogen-bond acceptors (Lipinski definition) is 2. The quantitative estimate of drug-likeness (QED) is 0.879. The van der Waals surface area contributed by atoms with Crippen molar-refractivity contribution >= 4 is 0 Å². The molecule has 2 atom stereocenters. The first kappa shape index (κ1) is 14.5. The van der Waals surface area contributed by atoms with Crippen LogP contribution in [0.3, 0.4) is 0 Å². The minimum atomic E-state index is 0.0401. The average Bonchev–Trinajstić information content (AvgIpc) is 2.99. The van der Waals surface area contributed by atoms with Crippen LogP contribution in [-0.4, -0.2) is 12.7 Å². The van der Waals surface area contributed by atoms with E-state index in [0.29, 0.717) is 0 Å². The molecule has 106 valence electrons. The van der Waals surface area contributed by atoms with Gasteiger partial charge < -0.3 is 10.5 Å². The number of hydrogen-bond donors (Lipinski definition) is 1. The summed E-state index contributed by atoms with van der Waals surface area (Å²) in [6.07, 6.45) is 5.66. The lowest BCUT2D eigenvalue weighted by molar-refractivity contribution is 0.0896. The van der Waals surface area contributed by atoms with Crippen molar-refractivity contribution in [3.63, 3.8) is 0 Å². The number of rotatable bonds is 5. The molecule has 2 N–H and O–H groups in total. The molecule has 2 nitrogen and oxygen atoms in total. The summed E-state index contributed by atoms with van der Waals surface area (Å²) >= 11 is 0. The van der Waals surface area contributed by atoms with Gasteiger partial charge in [0.15, 0.2) is 0 Å². The van der Waals surface area contributed by atoms with Crippen molar-refractivity contribution in [2.75, 3.05) is 6.61 Å². The third kappa shape index (κ3) is 3.01. The predicted octanol–water partition coefficient (Wildman–Crippen LogP) is 3.55. The van der Waals surface area contributed by atoms with Crippen LogP contribution in [0.5, 0.6) is 0 Å². The molecule has 0 radical (unpaired) electrons. The molecule has 2 heteroatoms. The Morgan fingerprint density at radius 3 is 2.21 bits per heavy atom. The van der Waals surface area contributed by atoms with E-state index in [1.165, 1.54) is 22.3 Å². The fourth-order valence-electron chi connectivity index (χ4n) is 3.14. The molecule has 0 bridgehead atoms. The monoisotopic (exact) mass is 261 g/mol. The van der Waals surface area contributed by atoms with Crippen molar-refractivity contribution in [3.05, 3.63) is 34.4 Å². The van der Waals surface area contributed by atoms with E-state index in [1.807, 2.05) is 0 Å². The summed E-state index contributed by atoms with van der Waals surface area (Å²) in [5.41, 5.74) is 12.1. The Kier molecular flexibility index (Phi) is 5.00. The largest absolute Gasteiger partial charge is 0.376 e. The lowest BCUT2D eigenvalue weighted by atomic mass is 9.87. The zero-order valence-electron chi connectivity index (χ0n) is 12.5. The van der Waals surface area contributed by atoms with E-state index in [1.54, 1.807) is 0 Å². The third-order valence-electron chi connectivity index (χ3n) is 4.28. The first-order valence-electron chi connectivity index (χ1n) is 7.72. The predicted molar refractivity (Wildman–Crippen MR) is 80.5 cm³/mol.